The van der Waals surface area contributed by atoms with Gasteiger partial charge in [-0.15, -0.1) is 0 Å². The van der Waals surface area contributed by atoms with Crippen molar-refractivity contribution in [3.8, 4) is 0 Å². The molecular weight excluding hydrogens is 215 g/mol. The molecule has 0 rings (SSSR count). The Bertz CT molecular complexity index is 88.5. The van der Waals surface area contributed by atoms with Gasteiger partial charge in [0.15, 0.2) is 0 Å². The number of hydrogen-bond donors (Lipinski definition) is 0. The molecule has 0 saturated carbocycles. The summed E-state index contributed by atoms with van der Waals surface area (Å²) in [6.07, 6.45) is 2.31. The summed E-state index contributed by atoms with van der Waals surface area (Å²) in [6.45, 7) is 4.04. The molecule has 0 aromatic heterocycles. The molecular formula is C6H11IO. The van der Waals surface area contributed by atoms with Gasteiger partial charge < -0.3 is 4.74 Å². The molecule has 0 radical (unpaired) electrons. The van der Waals surface area contributed by atoms with E-state index in [0.717, 1.165) is 0 Å². The van der Waals surface area contributed by atoms with Gasteiger partial charge in [-0.25, -0.2) is 0 Å². The van der Waals surface area contributed by atoms with Crippen LogP contribution in [0.1, 0.15) is 13.8 Å². The monoisotopic (exact) mass is 226 g/mol. The van der Waals surface area contributed by atoms with Crippen molar-refractivity contribution in [3.63, 3.8) is 0 Å². The van der Waals surface area contributed by atoms with E-state index < -0.39 is 0 Å². The molecule has 0 unspecified atom stereocenters. The van der Waals surface area contributed by atoms with Crippen LogP contribution in [-0.4, -0.2) is 13.2 Å². The topological polar surface area (TPSA) is 9.23 Å². The summed E-state index contributed by atoms with van der Waals surface area (Å²) in [5.41, 5.74) is 0. The van der Waals surface area contributed by atoms with E-state index in [0.29, 0.717) is 0 Å². The van der Waals surface area contributed by atoms with Crippen LogP contribution in [-0.2, 0) is 4.74 Å². The van der Waals surface area contributed by atoms with Crippen LogP contribution in [0.25, 0.3) is 0 Å². The highest BCUT2D eigenvalue weighted by Crippen LogP contribution is 2.12. The van der Waals surface area contributed by atoms with Gasteiger partial charge in [-0.2, -0.15) is 0 Å². The lowest BCUT2D eigenvalue weighted by molar-refractivity contribution is 0.155. The smallest absolute Gasteiger partial charge is 0.0846 e. The molecule has 0 aromatic carbocycles. The summed E-state index contributed by atoms with van der Waals surface area (Å²) in [5, 5.41) is 0. The van der Waals surface area contributed by atoms with Crippen molar-refractivity contribution in [1.82, 2.24) is 0 Å². The summed E-state index contributed by atoms with van der Waals surface area (Å²) in [5.74, 6) is 0. The van der Waals surface area contributed by atoms with Gasteiger partial charge in [0.05, 0.1) is 6.10 Å². The Hall–Kier alpha value is 0.430. The second kappa shape index (κ2) is 4.32. The van der Waals surface area contributed by atoms with Gasteiger partial charge in [-0.1, -0.05) is 6.08 Å². The van der Waals surface area contributed by atoms with Crippen molar-refractivity contribution in [2.24, 2.45) is 0 Å². The van der Waals surface area contributed by atoms with Gasteiger partial charge in [-0.05, 0) is 36.4 Å². The first-order valence-corrected chi connectivity index (χ1v) is 3.64. The fourth-order valence-electron chi connectivity index (χ4n) is 0.347. The molecule has 0 aliphatic heterocycles. The second-order valence-electron chi connectivity index (χ2n) is 1.55. The molecule has 0 bridgehead atoms. The molecule has 0 heterocycles. The number of methoxy groups -OCH3 is 1. The molecule has 0 aromatic rings. The van der Waals surface area contributed by atoms with Gasteiger partial charge in [0.1, 0.15) is 0 Å². The molecule has 0 spiro atoms. The van der Waals surface area contributed by atoms with E-state index >= 15 is 0 Å². The van der Waals surface area contributed by atoms with E-state index in [-0.39, 0.29) is 6.10 Å². The SMILES string of the molecule is C/C=C(\I)[C@@H](C)OC. The summed E-state index contributed by atoms with van der Waals surface area (Å²) >= 11 is 2.27. The third kappa shape index (κ3) is 2.67. The Morgan fingerprint density at radius 1 is 1.75 bits per heavy atom. The van der Waals surface area contributed by atoms with E-state index in [1.54, 1.807) is 7.11 Å². The largest absolute Gasteiger partial charge is 0.377 e. The van der Waals surface area contributed by atoms with Crippen molar-refractivity contribution >= 4 is 22.6 Å². The number of halogens is 1. The fraction of sp³-hybridized carbons (Fsp3) is 0.667. The number of hydrogen-bond acceptors (Lipinski definition) is 1. The van der Waals surface area contributed by atoms with Crippen LogP contribution in [0.3, 0.4) is 0 Å². The van der Waals surface area contributed by atoms with E-state index in [4.69, 9.17) is 4.74 Å². The quantitative estimate of drug-likeness (QED) is 0.656. The molecule has 48 valence electrons. The maximum Gasteiger partial charge on any atom is 0.0846 e. The number of allylic oxidation sites excluding steroid dienone is 1. The first-order valence-electron chi connectivity index (χ1n) is 2.56. The molecule has 0 saturated heterocycles. The Labute approximate surface area is 64.2 Å². The maximum absolute atomic E-state index is 5.03. The fourth-order valence-corrected chi connectivity index (χ4v) is 0.602. The van der Waals surface area contributed by atoms with Gasteiger partial charge >= 0.3 is 0 Å². The Morgan fingerprint density at radius 3 is 2.38 bits per heavy atom. The first-order chi connectivity index (χ1) is 3.72. The van der Waals surface area contributed by atoms with Crippen molar-refractivity contribution in [2.75, 3.05) is 7.11 Å². The zero-order valence-electron chi connectivity index (χ0n) is 5.44. The van der Waals surface area contributed by atoms with Crippen molar-refractivity contribution in [1.29, 1.82) is 0 Å². The highest BCUT2D eigenvalue weighted by Gasteiger charge is 1.99. The van der Waals surface area contributed by atoms with Crippen LogP contribution in [0.5, 0.6) is 0 Å². The van der Waals surface area contributed by atoms with Gasteiger partial charge in [-0.3, -0.25) is 0 Å². The van der Waals surface area contributed by atoms with Crippen LogP contribution in [0.2, 0.25) is 0 Å². The molecule has 1 atom stereocenters. The predicted octanol–water partition coefficient (Wildman–Crippen LogP) is 2.36. The van der Waals surface area contributed by atoms with Crippen LogP contribution in [0.4, 0.5) is 0 Å². The number of ether oxygens (including phenoxy) is 1. The minimum absolute atomic E-state index is 0.264. The maximum atomic E-state index is 5.03. The zero-order chi connectivity index (χ0) is 6.57. The minimum atomic E-state index is 0.264. The lowest BCUT2D eigenvalue weighted by Crippen LogP contribution is -2.02. The first kappa shape index (κ1) is 8.43. The number of rotatable bonds is 2. The Kier molecular flexibility index (Phi) is 4.56. The Morgan fingerprint density at radius 2 is 2.25 bits per heavy atom. The molecule has 2 heteroatoms. The standard InChI is InChI=1S/C6H11IO/c1-4-6(7)5(2)8-3/h4-5H,1-3H3/b6-4-/t5-/m1/s1. The molecule has 0 aliphatic carbocycles. The lowest BCUT2D eigenvalue weighted by Gasteiger charge is -2.05. The van der Waals surface area contributed by atoms with Gasteiger partial charge in [0, 0.05) is 10.7 Å². The van der Waals surface area contributed by atoms with Gasteiger partial charge in [0.25, 0.3) is 0 Å². The van der Waals surface area contributed by atoms with E-state index in [9.17, 15) is 0 Å². The molecule has 1 nitrogen and oxygen atoms in total. The average molecular weight is 226 g/mol. The van der Waals surface area contributed by atoms with Crippen molar-refractivity contribution in [3.05, 3.63) is 9.66 Å². The molecule has 0 amide bonds. The average Bonchev–Trinajstić information content (AvgIpc) is 1.84. The van der Waals surface area contributed by atoms with E-state index in [1.807, 2.05) is 13.8 Å². The van der Waals surface area contributed by atoms with Crippen molar-refractivity contribution < 1.29 is 4.74 Å². The molecule has 0 N–H and O–H groups in total. The molecule has 8 heavy (non-hydrogen) atoms. The third-order valence-corrected chi connectivity index (χ3v) is 2.52. The second-order valence-corrected chi connectivity index (χ2v) is 2.80. The van der Waals surface area contributed by atoms with E-state index in [1.165, 1.54) is 3.58 Å². The molecule has 0 aliphatic rings. The highest BCUT2D eigenvalue weighted by molar-refractivity contribution is 14.1. The highest BCUT2D eigenvalue weighted by atomic mass is 127. The van der Waals surface area contributed by atoms with Crippen LogP contribution < -0.4 is 0 Å². The normalized spacial score (nSPS) is 16.2. The van der Waals surface area contributed by atoms with Gasteiger partial charge in [0.2, 0.25) is 0 Å². The van der Waals surface area contributed by atoms with Crippen molar-refractivity contribution in [2.45, 2.75) is 20.0 Å². The van der Waals surface area contributed by atoms with Crippen LogP contribution in [0.15, 0.2) is 9.66 Å². The third-order valence-electron chi connectivity index (χ3n) is 1.02. The van der Waals surface area contributed by atoms with Crippen LogP contribution in [0, 0.1) is 0 Å². The van der Waals surface area contributed by atoms with Crippen LogP contribution >= 0.6 is 22.6 Å². The summed E-state index contributed by atoms with van der Waals surface area (Å²) in [4.78, 5) is 0. The van der Waals surface area contributed by atoms with E-state index in [2.05, 4.69) is 28.7 Å². The zero-order valence-corrected chi connectivity index (χ0v) is 7.60. The summed E-state index contributed by atoms with van der Waals surface area (Å²) in [7, 11) is 1.72. The summed E-state index contributed by atoms with van der Waals surface area (Å²) < 4.78 is 6.28. The summed E-state index contributed by atoms with van der Waals surface area (Å²) in [6, 6.07) is 0. The molecule has 0 fully saturated rings. The minimum Gasteiger partial charge on any atom is -0.377 e. The lowest BCUT2D eigenvalue weighted by atomic mass is 10.4. The predicted molar refractivity (Wildman–Crippen MR) is 44.2 cm³/mol. The Balaban J connectivity index is 3.63.